The minimum Gasteiger partial charge on any atom is -0.444 e. The molecule has 0 saturated carbocycles. The number of imide groups is 1. The Kier molecular flexibility index (Phi) is 9.52. The Morgan fingerprint density at radius 2 is 1.70 bits per heavy atom. The van der Waals surface area contributed by atoms with Crippen LogP contribution < -0.4 is 20.3 Å². The van der Waals surface area contributed by atoms with Crippen molar-refractivity contribution in [1.82, 2.24) is 15.2 Å². The molecule has 1 saturated heterocycles. The lowest BCUT2D eigenvalue weighted by atomic mass is 10.0. The van der Waals surface area contributed by atoms with Gasteiger partial charge in [-0.25, -0.2) is 19.5 Å². The molecule has 2 heterocycles. The molecule has 1 atom stereocenters. The molecule has 244 valence electrons. The van der Waals surface area contributed by atoms with E-state index in [1.54, 1.807) is 45.0 Å². The maximum absolute atomic E-state index is 13.6. The van der Waals surface area contributed by atoms with E-state index in [-0.39, 0.29) is 17.4 Å². The van der Waals surface area contributed by atoms with Crippen LogP contribution in [-0.4, -0.2) is 51.3 Å². The first kappa shape index (κ1) is 34.0. The van der Waals surface area contributed by atoms with Gasteiger partial charge < -0.3 is 25.0 Å². The van der Waals surface area contributed by atoms with Gasteiger partial charge in [0, 0.05) is 12.7 Å². The summed E-state index contributed by atoms with van der Waals surface area (Å²) < 4.78 is 49.5. The van der Waals surface area contributed by atoms with E-state index in [2.05, 4.69) is 20.4 Å². The largest absolute Gasteiger partial charge is 0.573 e. The van der Waals surface area contributed by atoms with Crippen molar-refractivity contribution in [3.05, 3.63) is 83.1 Å². The smallest absolute Gasteiger partial charge is 0.444 e. The zero-order valence-corrected chi connectivity index (χ0v) is 26.2. The van der Waals surface area contributed by atoms with E-state index < -0.39 is 58.9 Å². The number of carbonyl (C=O) groups is 4. The normalized spacial score (nSPS) is 15.4. The molecule has 3 aromatic rings. The number of carbonyl (C=O) groups excluding carboxylic acids is 4. The molecule has 1 aliphatic heterocycles. The fourth-order valence-electron chi connectivity index (χ4n) is 4.60. The van der Waals surface area contributed by atoms with Crippen molar-refractivity contribution in [3.8, 4) is 5.75 Å². The molecule has 5 amide bonds. The van der Waals surface area contributed by atoms with E-state index in [1.807, 2.05) is 0 Å². The number of alkyl carbamates (subject to hydrolysis) is 1. The highest BCUT2D eigenvalue weighted by atomic mass is 35.5. The van der Waals surface area contributed by atoms with Crippen LogP contribution in [0.3, 0.4) is 0 Å². The SMILES string of the molecule is CC(C)(C)OC(=O)N[C@@H](C(=O)Nc1cc(N2C(=O)N(Cc3ccnc(Cl)c3)C(C)(C)C2=O)ccc1OC(F)(F)F)c1ccccc1. The summed E-state index contributed by atoms with van der Waals surface area (Å²) in [5.74, 6) is -2.46. The first-order chi connectivity index (χ1) is 21.4. The number of ether oxygens (including phenoxy) is 2. The Hall–Kier alpha value is -4.85. The highest BCUT2D eigenvalue weighted by Gasteiger charge is 2.52. The highest BCUT2D eigenvalue weighted by Crippen LogP contribution is 2.39. The van der Waals surface area contributed by atoms with Gasteiger partial charge in [0.25, 0.3) is 11.8 Å². The molecule has 4 rings (SSSR count). The van der Waals surface area contributed by atoms with E-state index >= 15 is 0 Å². The number of hydrogen-bond donors (Lipinski definition) is 2. The van der Waals surface area contributed by atoms with Gasteiger partial charge in [-0.05, 0) is 76.1 Å². The maximum atomic E-state index is 13.6. The lowest BCUT2D eigenvalue weighted by Gasteiger charge is -2.27. The number of hydrogen-bond acceptors (Lipinski definition) is 7. The Morgan fingerprint density at radius 3 is 2.30 bits per heavy atom. The van der Waals surface area contributed by atoms with Crippen molar-refractivity contribution in [2.45, 2.75) is 64.7 Å². The van der Waals surface area contributed by atoms with Gasteiger partial charge in [0.2, 0.25) is 0 Å². The third kappa shape index (κ3) is 8.05. The Morgan fingerprint density at radius 1 is 1.02 bits per heavy atom. The number of nitrogens with zero attached hydrogens (tertiary/aromatic N) is 3. The van der Waals surface area contributed by atoms with Crippen LogP contribution in [0.4, 0.5) is 34.1 Å². The average molecular weight is 662 g/mol. The first-order valence-electron chi connectivity index (χ1n) is 13.9. The summed E-state index contributed by atoms with van der Waals surface area (Å²) in [5, 5.41) is 4.96. The number of rotatable bonds is 8. The third-order valence-electron chi connectivity index (χ3n) is 6.72. The Bertz CT molecular complexity index is 1650. The van der Waals surface area contributed by atoms with Crippen LogP contribution in [0.15, 0.2) is 66.9 Å². The van der Waals surface area contributed by atoms with Gasteiger partial charge in [-0.1, -0.05) is 41.9 Å². The summed E-state index contributed by atoms with van der Waals surface area (Å²) in [6.07, 6.45) is -4.67. The van der Waals surface area contributed by atoms with Crippen molar-refractivity contribution in [3.63, 3.8) is 0 Å². The summed E-state index contributed by atoms with van der Waals surface area (Å²) in [7, 11) is 0. The van der Waals surface area contributed by atoms with Crippen molar-refractivity contribution in [1.29, 1.82) is 0 Å². The minimum absolute atomic E-state index is 0.0235. The zero-order valence-electron chi connectivity index (χ0n) is 25.4. The summed E-state index contributed by atoms with van der Waals surface area (Å²) in [5.41, 5.74) is -2.07. The fourth-order valence-corrected chi connectivity index (χ4v) is 4.79. The molecule has 0 radical (unpaired) electrons. The molecule has 46 heavy (non-hydrogen) atoms. The number of benzene rings is 2. The van der Waals surface area contributed by atoms with Crippen LogP contribution in [0.25, 0.3) is 0 Å². The second kappa shape index (κ2) is 12.9. The van der Waals surface area contributed by atoms with E-state index in [1.165, 1.54) is 43.1 Å². The Balaban J connectivity index is 1.70. The lowest BCUT2D eigenvalue weighted by Crippen LogP contribution is -2.43. The minimum atomic E-state index is -5.15. The predicted octanol–water partition coefficient (Wildman–Crippen LogP) is 6.59. The van der Waals surface area contributed by atoms with E-state index in [9.17, 15) is 32.3 Å². The van der Waals surface area contributed by atoms with Crippen molar-refractivity contribution in [2.24, 2.45) is 0 Å². The predicted molar refractivity (Wildman–Crippen MR) is 162 cm³/mol. The number of anilines is 2. The molecule has 15 heteroatoms. The van der Waals surface area contributed by atoms with Crippen molar-refractivity contribution >= 4 is 46.9 Å². The maximum Gasteiger partial charge on any atom is 0.573 e. The summed E-state index contributed by atoms with van der Waals surface area (Å²) in [6, 6.07) is 11.9. The number of urea groups is 1. The lowest BCUT2D eigenvalue weighted by molar-refractivity contribution is -0.274. The second-order valence-corrected chi connectivity index (χ2v) is 12.1. The van der Waals surface area contributed by atoms with Gasteiger partial charge in [0.05, 0.1) is 11.4 Å². The molecule has 0 aliphatic carbocycles. The number of nitrogens with one attached hydrogen (secondary N) is 2. The molecule has 2 aromatic carbocycles. The second-order valence-electron chi connectivity index (χ2n) is 11.8. The van der Waals surface area contributed by atoms with Gasteiger partial charge in [-0.15, -0.1) is 13.2 Å². The molecule has 1 aromatic heterocycles. The monoisotopic (exact) mass is 661 g/mol. The van der Waals surface area contributed by atoms with Gasteiger partial charge >= 0.3 is 18.5 Å². The number of aromatic nitrogens is 1. The summed E-state index contributed by atoms with van der Waals surface area (Å²) >= 11 is 5.98. The van der Waals surface area contributed by atoms with E-state index in [4.69, 9.17) is 16.3 Å². The topological polar surface area (TPSA) is 130 Å². The average Bonchev–Trinajstić information content (AvgIpc) is 3.10. The van der Waals surface area contributed by atoms with Crippen LogP contribution in [0.5, 0.6) is 5.75 Å². The molecule has 1 fully saturated rings. The van der Waals surface area contributed by atoms with Crippen molar-refractivity contribution in [2.75, 3.05) is 10.2 Å². The molecular formula is C31H31ClF3N5O6. The molecule has 2 N–H and O–H groups in total. The quantitative estimate of drug-likeness (QED) is 0.206. The van der Waals surface area contributed by atoms with Crippen LogP contribution >= 0.6 is 11.6 Å². The molecule has 0 unspecified atom stereocenters. The molecular weight excluding hydrogens is 631 g/mol. The van der Waals surface area contributed by atoms with Crippen LogP contribution in [0.1, 0.15) is 51.8 Å². The van der Waals surface area contributed by atoms with Crippen LogP contribution in [0, 0.1) is 0 Å². The Labute approximate surface area is 267 Å². The number of halogens is 4. The van der Waals surface area contributed by atoms with Crippen LogP contribution in [-0.2, 0) is 20.9 Å². The standard InChI is InChI=1S/C31H31ClF3N5O6/c1-29(2,3)46-27(43)38-24(19-9-7-6-8-10-19)25(41)37-21-16-20(11-12-22(21)45-31(33,34)35)40-26(42)30(4,5)39(28(40)44)17-18-13-14-36-23(32)15-18/h6-16,24H,17H2,1-5H3,(H,37,41)(H,38,43)/t24-/m1/s1. The van der Waals surface area contributed by atoms with Gasteiger partial charge in [0.1, 0.15) is 22.3 Å². The van der Waals surface area contributed by atoms with Crippen LogP contribution in [0.2, 0.25) is 5.15 Å². The van der Waals surface area contributed by atoms with Crippen molar-refractivity contribution < 1.29 is 41.8 Å². The molecule has 0 spiro atoms. The number of pyridine rings is 1. The molecule has 1 aliphatic rings. The third-order valence-corrected chi connectivity index (χ3v) is 6.92. The van der Waals surface area contributed by atoms with Gasteiger partial charge in [-0.3, -0.25) is 9.59 Å². The zero-order chi connectivity index (χ0) is 34.0. The summed E-state index contributed by atoms with van der Waals surface area (Å²) in [6.45, 7) is 7.87. The molecule has 11 nitrogen and oxygen atoms in total. The van der Waals surface area contributed by atoms with E-state index in [0.29, 0.717) is 11.1 Å². The molecule has 0 bridgehead atoms. The van der Waals surface area contributed by atoms with Gasteiger partial charge in [-0.2, -0.15) is 0 Å². The van der Waals surface area contributed by atoms with E-state index in [0.717, 1.165) is 23.1 Å². The first-order valence-corrected chi connectivity index (χ1v) is 14.3. The number of amides is 5. The summed E-state index contributed by atoms with van der Waals surface area (Å²) in [4.78, 5) is 59.3. The highest BCUT2D eigenvalue weighted by molar-refractivity contribution is 6.29. The van der Waals surface area contributed by atoms with Gasteiger partial charge in [0.15, 0.2) is 5.75 Å². The number of alkyl halides is 3. The fraction of sp³-hybridized carbons (Fsp3) is 0.323.